The second-order valence-corrected chi connectivity index (χ2v) is 2.61. The van der Waals surface area contributed by atoms with Crippen molar-refractivity contribution in [3.05, 3.63) is 12.7 Å². The zero-order chi connectivity index (χ0) is 9.56. The highest BCUT2D eigenvalue weighted by Crippen LogP contribution is 2.00. The average molecular weight is 176 g/mol. The van der Waals surface area contributed by atoms with Crippen molar-refractivity contribution in [1.82, 2.24) is 0 Å². The molecule has 0 bridgehead atoms. The Morgan fingerprint density at radius 3 is 2.42 bits per heavy atom. The molecule has 0 aliphatic carbocycles. The molecule has 3 atom stereocenters. The molecule has 0 spiro atoms. The van der Waals surface area contributed by atoms with E-state index in [0.29, 0.717) is 0 Å². The van der Waals surface area contributed by atoms with E-state index < -0.39 is 18.3 Å². The molecule has 0 saturated heterocycles. The summed E-state index contributed by atoms with van der Waals surface area (Å²) in [6.07, 6.45) is -0.597. The van der Waals surface area contributed by atoms with Gasteiger partial charge in [-0.15, -0.1) is 6.58 Å². The molecular formula is C8H16O4. The number of ether oxygens (including phenoxy) is 1. The van der Waals surface area contributed by atoms with Crippen LogP contribution in [0.2, 0.25) is 0 Å². The molecule has 3 N–H and O–H groups in total. The van der Waals surface area contributed by atoms with Crippen molar-refractivity contribution in [3.8, 4) is 0 Å². The van der Waals surface area contributed by atoms with Gasteiger partial charge in [0, 0.05) is 0 Å². The van der Waals surface area contributed by atoms with Crippen LogP contribution in [0.3, 0.4) is 0 Å². The Labute approximate surface area is 72.1 Å². The summed E-state index contributed by atoms with van der Waals surface area (Å²) in [7, 11) is 0. The van der Waals surface area contributed by atoms with Gasteiger partial charge in [0.25, 0.3) is 0 Å². The Morgan fingerprint density at radius 1 is 1.50 bits per heavy atom. The molecule has 0 fully saturated rings. The van der Waals surface area contributed by atoms with Crippen molar-refractivity contribution in [3.63, 3.8) is 0 Å². The van der Waals surface area contributed by atoms with Crippen LogP contribution in [0.1, 0.15) is 6.92 Å². The minimum absolute atomic E-state index is 0.00190. The van der Waals surface area contributed by atoms with Crippen LogP contribution in [0.4, 0.5) is 0 Å². The van der Waals surface area contributed by atoms with Crippen LogP contribution in [0, 0.1) is 0 Å². The summed E-state index contributed by atoms with van der Waals surface area (Å²) >= 11 is 0. The van der Waals surface area contributed by atoms with E-state index in [-0.39, 0.29) is 13.2 Å². The molecule has 3 unspecified atom stereocenters. The van der Waals surface area contributed by atoms with E-state index in [4.69, 9.17) is 20.1 Å². The van der Waals surface area contributed by atoms with Crippen LogP contribution >= 0.6 is 0 Å². The number of rotatable bonds is 6. The SMILES string of the molecule is C=CC(OCC(O)CO)C(C)O. The fourth-order valence-electron chi connectivity index (χ4n) is 0.679. The first-order valence-electron chi connectivity index (χ1n) is 3.83. The van der Waals surface area contributed by atoms with Crippen LogP contribution in [0.15, 0.2) is 12.7 Å². The quantitative estimate of drug-likeness (QED) is 0.468. The van der Waals surface area contributed by atoms with Crippen molar-refractivity contribution in [1.29, 1.82) is 0 Å². The molecule has 72 valence electrons. The molecule has 0 saturated carbocycles. The van der Waals surface area contributed by atoms with Gasteiger partial charge in [0.2, 0.25) is 0 Å². The lowest BCUT2D eigenvalue weighted by atomic mass is 10.2. The van der Waals surface area contributed by atoms with Gasteiger partial charge in [-0.05, 0) is 6.92 Å². The molecule has 0 radical (unpaired) electrons. The molecule has 12 heavy (non-hydrogen) atoms. The summed E-state index contributed by atoms with van der Waals surface area (Å²) in [6, 6.07) is 0. The van der Waals surface area contributed by atoms with Crippen LogP contribution < -0.4 is 0 Å². The van der Waals surface area contributed by atoms with Crippen molar-refractivity contribution >= 4 is 0 Å². The molecular weight excluding hydrogens is 160 g/mol. The molecule has 0 amide bonds. The van der Waals surface area contributed by atoms with Crippen molar-refractivity contribution in [2.24, 2.45) is 0 Å². The molecule has 0 aromatic carbocycles. The predicted octanol–water partition coefficient (Wildman–Crippen LogP) is -0.708. The smallest absolute Gasteiger partial charge is 0.101 e. The molecule has 0 heterocycles. The Morgan fingerprint density at radius 2 is 2.08 bits per heavy atom. The summed E-state index contributed by atoms with van der Waals surface area (Å²) in [4.78, 5) is 0. The maximum Gasteiger partial charge on any atom is 0.101 e. The van der Waals surface area contributed by atoms with E-state index in [0.717, 1.165) is 0 Å². The maximum absolute atomic E-state index is 9.06. The van der Waals surface area contributed by atoms with Crippen LogP contribution in [0.25, 0.3) is 0 Å². The fourth-order valence-corrected chi connectivity index (χ4v) is 0.679. The Hall–Kier alpha value is -0.420. The van der Waals surface area contributed by atoms with E-state index in [1.807, 2.05) is 0 Å². The first-order chi connectivity index (χ1) is 5.61. The zero-order valence-corrected chi connectivity index (χ0v) is 7.18. The Kier molecular flexibility index (Phi) is 5.92. The van der Waals surface area contributed by atoms with Crippen LogP contribution in [-0.4, -0.2) is 46.8 Å². The van der Waals surface area contributed by atoms with E-state index >= 15 is 0 Å². The molecule has 4 nitrogen and oxygen atoms in total. The summed E-state index contributed by atoms with van der Waals surface area (Å²) in [5.74, 6) is 0. The second kappa shape index (κ2) is 6.14. The number of hydrogen-bond donors (Lipinski definition) is 3. The highest BCUT2D eigenvalue weighted by atomic mass is 16.5. The van der Waals surface area contributed by atoms with Gasteiger partial charge in [-0.25, -0.2) is 0 Å². The minimum Gasteiger partial charge on any atom is -0.394 e. The lowest BCUT2D eigenvalue weighted by Crippen LogP contribution is -2.29. The molecule has 0 rings (SSSR count). The number of aliphatic hydroxyl groups is 3. The van der Waals surface area contributed by atoms with Gasteiger partial charge in [0.15, 0.2) is 0 Å². The molecule has 4 heteroatoms. The highest BCUT2D eigenvalue weighted by Gasteiger charge is 2.12. The first-order valence-corrected chi connectivity index (χ1v) is 3.83. The van der Waals surface area contributed by atoms with Gasteiger partial charge < -0.3 is 20.1 Å². The lowest BCUT2D eigenvalue weighted by molar-refractivity contribution is -0.0502. The van der Waals surface area contributed by atoms with Crippen molar-refractivity contribution < 1.29 is 20.1 Å². The fraction of sp³-hybridized carbons (Fsp3) is 0.750. The Bertz CT molecular complexity index is 124. The van der Waals surface area contributed by atoms with Crippen molar-refractivity contribution in [2.75, 3.05) is 13.2 Å². The normalized spacial score (nSPS) is 18.3. The zero-order valence-electron chi connectivity index (χ0n) is 7.18. The third-order valence-electron chi connectivity index (χ3n) is 1.40. The van der Waals surface area contributed by atoms with E-state index in [1.54, 1.807) is 6.92 Å². The van der Waals surface area contributed by atoms with E-state index in [9.17, 15) is 0 Å². The maximum atomic E-state index is 9.06. The van der Waals surface area contributed by atoms with Gasteiger partial charge in [0.1, 0.15) is 12.2 Å². The lowest BCUT2D eigenvalue weighted by Gasteiger charge is -2.18. The third kappa shape index (κ3) is 4.46. The first kappa shape index (κ1) is 11.6. The summed E-state index contributed by atoms with van der Waals surface area (Å²) in [5, 5.41) is 26.4. The van der Waals surface area contributed by atoms with Gasteiger partial charge in [0.05, 0.1) is 19.3 Å². The minimum atomic E-state index is -0.897. The summed E-state index contributed by atoms with van der Waals surface area (Å²) in [5.41, 5.74) is 0. The monoisotopic (exact) mass is 176 g/mol. The molecule has 0 aliphatic rings. The van der Waals surface area contributed by atoms with Crippen LogP contribution in [0.5, 0.6) is 0 Å². The Balaban J connectivity index is 3.65. The van der Waals surface area contributed by atoms with Crippen LogP contribution in [-0.2, 0) is 4.74 Å². The summed E-state index contributed by atoms with van der Waals surface area (Å²) < 4.78 is 5.03. The van der Waals surface area contributed by atoms with Gasteiger partial charge >= 0.3 is 0 Å². The van der Waals surface area contributed by atoms with Crippen molar-refractivity contribution in [2.45, 2.75) is 25.2 Å². The number of aliphatic hydroxyl groups excluding tert-OH is 3. The predicted molar refractivity (Wildman–Crippen MR) is 44.7 cm³/mol. The van der Waals surface area contributed by atoms with Gasteiger partial charge in [-0.1, -0.05) is 6.08 Å². The second-order valence-electron chi connectivity index (χ2n) is 2.61. The topological polar surface area (TPSA) is 69.9 Å². The largest absolute Gasteiger partial charge is 0.394 e. The number of hydrogen-bond acceptors (Lipinski definition) is 4. The highest BCUT2D eigenvalue weighted by molar-refractivity contribution is 4.84. The summed E-state index contributed by atoms with van der Waals surface area (Å²) in [6.45, 7) is 4.68. The molecule has 0 aliphatic heterocycles. The van der Waals surface area contributed by atoms with E-state index in [2.05, 4.69) is 6.58 Å². The molecule has 0 aromatic heterocycles. The standard InChI is InChI=1S/C8H16O4/c1-3-8(6(2)10)12-5-7(11)4-9/h3,6-11H,1,4-5H2,2H3. The average Bonchev–Trinajstić information content (AvgIpc) is 2.04. The van der Waals surface area contributed by atoms with Gasteiger partial charge in [-0.2, -0.15) is 0 Å². The van der Waals surface area contributed by atoms with Gasteiger partial charge in [-0.3, -0.25) is 0 Å². The van der Waals surface area contributed by atoms with E-state index in [1.165, 1.54) is 6.08 Å². The molecule has 0 aromatic rings. The third-order valence-corrected chi connectivity index (χ3v) is 1.40.